The summed E-state index contributed by atoms with van der Waals surface area (Å²) in [5, 5.41) is 0. The van der Waals surface area contributed by atoms with E-state index in [2.05, 4.69) is 4.99 Å². The molecule has 0 spiro atoms. The topological polar surface area (TPSA) is 24.8 Å². The number of hydrogen-bond acceptors (Lipinski definition) is 2. The first-order chi connectivity index (χ1) is 4.66. The average Bonchev–Trinajstić information content (AvgIpc) is 1.85. The van der Waals surface area contributed by atoms with Crippen LogP contribution in [0.15, 0.2) is 4.99 Å². The molecule has 1 atom stereocenters. The lowest BCUT2D eigenvalue weighted by atomic mass is 10.4. The molecule has 0 aliphatic carbocycles. The molecule has 0 bridgehead atoms. The van der Waals surface area contributed by atoms with Crippen molar-refractivity contribution in [3.05, 3.63) is 0 Å². The molecule has 0 aliphatic heterocycles. The van der Waals surface area contributed by atoms with Gasteiger partial charge in [-0.15, -0.1) is 0 Å². The van der Waals surface area contributed by atoms with Crippen molar-refractivity contribution < 1.29 is 4.74 Å². The fourth-order valence-electron chi connectivity index (χ4n) is 0.531. The van der Waals surface area contributed by atoms with Crippen molar-refractivity contribution >= 4 is 6.34 Å². The zero-order valence-electron chi connectivity index (χ0n) is 7.16. The molecular formula is C7H16N2O. The first kappa shape index (κ1) is 9.43. The van der Waals surface area contributed by atoms with Gasteiger partial charge in [-0.1, -0.05) is 0 Å². The molecule has 0 aliphatic rings. The molecule has 1 unspecified atom stereocenters. The summed E-state index contributed by atoms with van der Waals surface area (Å²) >= 11 is 0. The Morgan fingerprint density at radius 2 is 2.20 bits per heavy atom. The van der Waals surface area contributed by atoms with Gasteiger partial charge < -0.3 is 9.64 Å². The predicted octanol–water partition coefficient (Wildman–Crippen LogP) is 0.611. The summed E-state index contributed by atoms with van der Waals surface area (Å²) in [5.41, 5.74) is 0. The molecule has 0 amide bonds. The highest BCUT2D eigenvalue weighted by atomic mass is 16.5. The maximum atomic E-state index is 4.90. The maximum Gasteiger partial charge on any atom is 0.0848 e. The van der Waals surface area contributed by atoms with E-state index >= 15 is 0 Å². The normalized spacial score (nSPS) is 14.0. The van der Waals surface area contributed by atoms with Crippen LogP contribution in [0.1, 0.15) is 6.92 Å². The molecule has 0 saturated carbocycles. The second-order valence-electron chi connectivity index (χ2n) is 2.53. The number of ether oxygens (including phenoxy) is 1. The highest BCUT2D eigenvalue weighted by molar-refractivity contribution is 5.53. The SMILES string of the molecule is COCC(C)N=CN(C)C. The highest BCUT2D eigenvalue weighted by Gasteiger charge is 1.93. The van der Waals surface area contributed by atoms with E-state index in [1.54, 1.807) is 13.4 Å². The third-order valence-corrected chi connectivity index (χ3v) is 0.960. The van der Waals surface area contributed by atoms with Gasteiger partial charge in [-0.2, -0.15) is 0 Å². The van der Waals surface area contributed by atoms with Gasteiger partial charge in [0.25, 0.3) is 0 Å². The van der Waals surface area contributed by atoms with Gasteiger partial charge in [-0.3, -0.25) is 4.99 Å². The van der Waals surface area contributed by atoms with Gasteiger partial charge in [0.2, 0.25) is 0 Å². The highest BCUT2D eigenvalue weighted by Crippen LogP contribution is 1.87. The number of hydrogen-bond donors (Lipinski definition) is 0. The fraction of sp³-hybridized carbons (Fsp3) is 0.857. The van der Waals surface area contributed by atoms with Crippen LogP contribution in [0.2, 0.25) is 0 Å². The molecule has 0 rings (SSSR count). The lowest BCUT2D eigenvalue weighted by Gasteiger charge is -2.06. The van der Waals surface area contributed by atoms with Gasteiger partial charge in [0.05, 0.1) is 19.0 Å². The lowest BCUT2D eigenvalue weighted by Crippen LogP contribution is -2.13. The second kappa shape index (κ2) is 5.23. The summed E-state index contributed by atoms with van der Waals surface area (Å²) in [6.45, 7) is 2.70. The summed E-state index contributed by atoms with van der Waals surface area (Å²) in [6, 6.07) is 0.257. The number of aliphatic imine (C=N–C) groups is 1. The summed E-state index contributed by atoms with van der Waals surface area (Å²) < 4.78 is 4.90. The Bertz CT molecular complexity index is 102. The number of methoxy groups -OCH3 is 1. The Hall–Kier alpha value is -0.570. The van der Waals surface area contributed by atoms with E-state index in [0.717, 1.165) is 0 Å². The van der Waals surface area contributed by atoms with E-state index in [1.165, 1.54) is 0 Å². The van der Waals surface area contributed by atoms with Crippen LogP contribution >= 0.6 is 0 Å². The molecule has 0 fully saturated rings. The van der Waals surface area contributed by atoms with Crippen LogP contribution < -0.4 is 0 Å². The van der Waals surface area contributed by atoms with Crippen molar-refractivity contribution in [3.8, 4) is 0 Å². The van der Waals surface area contributed by atoms with Crippen LogP contribution in [-0.2, 0) is 4.74 Å². The zero-order chi connectivity index (χ0) is 7.98. The van der Waals surface area contributed by atoms with E-state index in [1.807, 2.05) is 25.9 Å². The molecular weight excluding hydrogens is 128 g/mol. The van der Waals surface area contributed by atoms with Gasteiger partial charge in [0.15, 0.2) is 0 Å². The van der Waals surface area contributed by atoms with Crippen LogP contribution in [0.4, 0.5) is 0 Å². The second-order valence-corrected chi connectivity index (χ2v) is 2.53. The number of nitrogens with zero attached hydrogens (tertiary/aromatic N) is 2. The number of rotatable bonds is 4. The Morgan fingerprint density at radius 1 is 1.60 bits per heavy atom. The van der Waals surface area contributed by atoms with Crippen LogP contribution in [0.5, 0.6) is 0 Å². The smallest absolute Gasteiger partial charge is 0.0848 e. The molecule has 0 N–H and O–H groups in total. The quantitative estimate of drug-likeness (QED) is 0.426. The Kier molecular flexibility index (Phi) is 4.94. The average molecular weight is 144 g/mol. The van der Waals surface area contributed by atoms with E-state index < -0.39 is 0 Å². The molecule has 0 heterocycles. The van der Waals surface area contributed by atoms with Gasteiger partial charge in [-0.25, -0.2) is 0 Å². The van der Waals surface area contributed by atoms with Crippen LogP contribution in [0.3, 0.4) is 0 Å². The molecule has 0 saturated heterocycles. The Balaban J connectivity index is 3.45. The molecule has 0 aromatic rings. The maximum absolute atomic E-state index is 4.90. The van der Waals surface area contributed by atoms with Gasteiger partial charge in [0.1, 0.15) is 0 Å². The predicted molar refractivity (Wildman–Crippen MR) is 43.5 cm³/mol. The first-order valence-corrected chi connectivity index (χ1v) is 3.35. The molecule has 60 valence electrons. The third-order valence-electron chi connectivity index (χ3n) is 0.960. The summed E-state index contributed by atoms with van der Waals surface area (Å²) in [5.74, 6) is 0. The summed E-state index contributed by atoms with van der Waals surface area (Å²) in [6.07, 6.45) is 1.80. The molecule has 0 radical (unpaired) electrons. The zero-order valence-corrected chi connectivity index (χ0v) is 7.16. The van der Waals surface area contributed by atoms with E-state index in [4.69, 9.17) is 4.74 Å². The molecule has 10 heavy (non-hydrogen) atoms. The van der Waals surface area contributed by atoms with Crippen LogP contribution in [-0.4, -0.2) is 45.1 Å². The Labute approximate surface area is 62.7 Å². The minimum absolute atomic E-state index is 0.257. The van der Waals surface area contributed by atoms with E-state index in [0.29, 0.717) is 6.61 Å². The van der Waals surface area contributed by atoms with Crippen molar-refractivity contribution in [1.29, 1.82) is 0 Å². The van der Waals surface area contributed by atoms with Gasteiger partial charge in [0, 0.05) is 21.2 Å². The van der Waals surface area contributed by atoms with Crippen LogP contribution in [0.25, 0.3) is 0 Å². The molecule has 3 heteroatoms. The van der Waals surface area contributed by atoms with Gasteiger partial charge >= 0.3 is 0 Å². The lowest BCUT2D eigenvalue weighted by molar-refractivity contribution is 0.185. The van der Waals surface area contributed by atoms with Crippen LogP contribution in [0, 0.1) is 0 Å². The Morgan fingerprint density at radius 3 is 2.60 bits per heavy atom. The minimum Gasteiger partial charge on any atom is -0.382 e. The first-order valence-electron chi connectivity index (χ1n) is 3.35. The monoisotopic (exact) mass is 144 g/mol. The minimum atomic E-state index is 0.257. The van der Waals surface area contributed by atoms with Gasteiger partial charge in [-0.05, 0) is 6.92 Å². The van der Waals surface area contributed by atoms with Crippen molar-refractivity contribution in [2.24, 2.45) is 4.99 Å². The summed E-state index contributed by atoms with van der Waals surface area (Å²) in [7, 11) is 5.58. The van der Waals surface area contributed by atoms with Crippen molar-refractivity contribution in [1.82, 2.24) is 4.90 Å². The fourth-order valence-corrected chi connectivity index (χ4v) is 0.531. The molecule has 0 aromatic carbocycles. The van der Waals surface area contributed by atoms with E-state index in [9.17, 15) is 0 Å². The molecule has 0 aromatic heterocycles. The van der Waals surface area contributed by atoms with Crippen molar-refractivity contribution in [3.63, 3.8) is 0 Å². The standard InChI is InChI=1S/C7H16N2O/c1-7(5-10-4)8-6-9(2)3/h6-7H,5H2,1-4H3. The van der Waals surface area contributed by atoms with Crippen molar-refractivity contribution in [2.45, 2.75) is 13.0 Å². The summed E-state index contributed by atoms with van der Waals surface area (Å²) in [4.78, 5) is 6.10. The molecule has 3 nitrogen and oxygen atoms in total. The largest absolute Gasteiger partial charge is 0.382 e. The third kappa shape index (κ3) is 5.56. The van der Waals surface area contributed by atoms with E-state index in [-0.39, 0.29) is 6.04 Å². The van der Waals surface area contributed by atoms with Crippen molar-refractivity contribution in [2.75, 3.05) is 27.8 Å².